The van der Waals surface area contributed by atoms with Gasteiger partial charge in [0.25, 0.3) is 5.70 Å². The van der Waals surface area contributed by atoms with Crippen molar-refractivity contribution >= 4 is 5.70 Å². The summed E-state index contributed by atoms with van der Waals surface area (Å²) in [5, 5.41) is 11.2. The smallest absolute Gasteiger partial charge is 0.258 e. The zero-order chi connectivity index (χ0) is 13.0. The summed E-state index contributed by atoms with van der Waals surface area (Å²) in [6.07, 6.45) is 6.37. The fraction of sp³-hybridized carbons (Fsp3) is 0.467. The lowest BCUT2D eigenvalue weighted by Gasteiger charge is -2.23. The van der Waals surface area contributed by atoms with Crippen molar-refractivity contribution in [2.24, 2.45) is 11.8 Å². The van der Waals surface area contributed by atoms with Crippen molar-refractivity contribution in [3.05, 3.63) is 52.1 Å². The highest BCUT2D eigenvalue weighted by Crippen LogP contribution is 2.31. The van der Waals surface area contributed by atoms with E-state index in [-0.39, 0.29) is 10.6 Å². The summed E-state index contributed by atoms with van der Waals surface area (Å²) in [5.74, 6) is 1.13. The van der Waals surface area contributed by atoms with E-state index < -0.39 is 0 Å². The van der Waals surface area contributed by atoms with Crippen LogP contribution < -0.4 is 0 Å². The summed E-state index contributed by atoms with van der Waals surface area (Å²) in [7, 11) is 0. The van der Waals surface area contributed by atoms with Crippen molar-refractivity contribution < 1.29 is 4.92 Å². The highest BCUT2D eigenvalue weighted by Gasteiger charge is 2.21. The van der Waals surface area contributed by atoms with Crippen LogP contribution in [0.2, 0.25) is 0 Å². The summed E-state index contributed by atoms with van der Waals surface area (Å²) < 4.78 is 0. The lowest BCUT2D eigenvalue weighted by atomic mass is 9.82. The number of nitro groups is 1. The third-order valence-electron chi connectivity index (χ3n) is 3.72. The van der Waals surface area contributed by atoms with Crippen LogP contribution >= 0.6 is 0 Å². The van der Waals surface area contributed by atoms with E-state index in [4.69, 9.17) is 0 Å². The number of hydrogen-bond donors (Lipinski definition) is 0. The van der Waals surface area contributed by atoms with Crippen LogP contribution in [-0.4, -0.2) is 4.92 Å². The van der Waals surface area contributed by atoms with Crippen molar-refractivity contribution in [3.63, 3.8) is 0 Å². The van der Waals surface area contributed by atoms with E-state index in [2.05, 4.69) is 6.92 Å². The number of benzene rings is 1. The Morgan fingerprint density at radius 3 is 2.39 bits per heavy atom. The molecule has 0 bridgehead atoms. The minimum atomic E-state index is -0.257. The average Bonchev–Trinajstić information content (AvgIpc) is 2.38. The van der Waals surface area contributed by atoms with E-state index in [1.54, 1.807) is 12.1 Å². The Kier molecular flexibility index (Phi) is 4.13. The second kappa shape index (κ2) is 5.80. The normalized spacial score (nSPS) is 24.8. The number of nitrogens with zero attached hydrogens (tertiary/aromatic N) is 1. The molecule has 1 aromatic rings. The van der Waals surface area contributed by atoms with E-state index in [1.807, 2.05) is 24.3 Å². The molecule has 2 rings (SSSR count). The Bertz CT molecular complexity index is 431. The second-order valence-electron chi connectivity index (χ2n) is 5.19. The van der Waals surface area contributed by atoms with Gasteiger partial charge in [-0.15, -0.1) is 0 Å². The Hall–Kier alpha value is -1.64. The van der Waals surface area contributed by atoms with Crippen LogP contribution in [0.15, 0.2) is 36.4 Å². The fourth-order valence-corrected chi connectivity index (χ4v) is 2.55. The van der Waals surface area contributed by atoms with Crippen molar-refractivity contribution in [2.45, 2.75) is 32.6 Å². The average molecular weight is 245 g/mol. The Morgan fingerprint density at radius 1 is 1.22 bits per heavy atom. The largest absolute Gasteiger partial charge is 0.272 e. The van der Waals surface area contributed by atoms with Gasteiger partial charge in [0.15, 0.2) is 0 Å². The molecule has 1 saturated carbocycles. The molecule has 1 aromatic carbocycles. The number of allylic oxidation sites excluding steroid dienone is 1. The van der Waals surface area contributed by atoms with Crippen LogP contribution in [0.1, 0.15) is 38.2 Å². The standard InChI is InChI=1S/C15H19NO2/c1-12-7-9-13(10-8-12)11-15(16(17)18)14-5-3-2-4-6-14/h2-6,11-13H,7-10H2,1H3/b15-11+. The van der Waals surface area contributed by atoms with Gasteiger partial charge >= 0.3 is 0 Å². The van der Waals surface area contributed by atoms with Crippen LogP contribution in [0.5, 0.6) is 0 Å². The molecule has 0 radical (unpaired) electrons. The molecule has 0 N–H and O–H groups in total. The molecule has 96 valence electrons. The predicted octanol–water partition coefficient (Wildman–Crippen LogP) is 4.13. The maximum absolute atomic E-state index is 11.2. The monoisotopic (exact) mass is 245 g/mol. The zero-order valence-corrected chi connectivity index (χ0v) is 10.7. The first kappa shape index (κ1) is 12.8. The van der Waals surface area contributed by atoms with Gasteiger partial charge in [0.05, 0.1) is 10.5 Å². The summed E-state index contributed by atoms with van der Waals surface area (Å²) in [4.78, 5) is 10.9. The SMILES string of the molecule is CC1CCC(/C=C(\c2ccccc2)[N+](=O)[O-])CC1. The van der Waals surface area contributed by atoms with Crippen molar-refractivity contribution in [2.75, 3.05) is 0 Å². The molecule has 3 nitrogen and oxygen atoms in total. The molecule has 3 heteroatoms. The maximum atomic E-state index is 11.2. The minimum absolute atomic E-state index is 0.257. The van der Waals surface area contributed by atoms with Gasteiger partial charge in [-0.25, -0.2) is 0 Å². The molecule has 1 aliphatic rings. The van der Waals surface area contributed by atoms with Crippen LogP contribution in [0.3, 0.4) is 0 Å². The molecular formula is C15H19NO2. The van der Waals surface area contributed by atoms with Crippen LogP contribution in [0.4, 0.5) is 0 Å². The Balaban J connectivity index is 2.18. The third kappa shape index (κ3) is 3.19. The van der Waals surface area contributed by atoms with Crippen LogP contribution in [0, 0.1) is 22.0 Å². The maximum Gasteiger partial charge on any atom is 0.272 e. The summed E-state index contributed by atoms with van der Waals surface area (Å²) >= 11 is 0. The lowest BCUT2D eigenvalue weighted by Crippen LogP contribution is -2.12. The lowest BCUT2D eigenvalue weighted by molar-refractivity contribution is -0.375. The van der Waals surface area contributed by atoms with E-state index in [0.29, 0.717) is 11.5 Å². The van der Waals surface area contributed by atoms with Gasteiger partial charge < -0.3 is 0 Å². The highest BCUT2D eigenvalue weighted by atomic mass is 16.6. The van der Waals surface area contributed by atoms with Gasteiger partial charge in [0, 0.05) is 0 Å². The highest BCUT2D eigenvalue weighted by molar-refractivity contribution is 5.58. The molecule has 0 amide bonds. The first-order valence-corrected chi connectivity index (χ1v) is 6.58. The Morgan fingerprint density at radius 2 is 1.83 bits per heavy atom. The van der Waals surface area contributed by atoms with E-state index in [9.17, 15) is 10.1 Å². The first-order valence-electron chi connectivity index (χ1n) is 6.58. The van der Waals surface area contributed by atoms with E-state index in [0.717, 1.165) is 18.8 Å². The molecule has 1 aliphatic carbocycles. The number of hydrogen-bond acceptors (Lipinski definition) is 2. The fourth-order valence-electron chi connectivity index (χ4n) is 2.55. The molecule has 18 heavy (non-hydrogen) atoms. The van der Waals surface area contributed by atoms with Crippen molar-refractivity contribution in [1.29, 1.82) is 0 Å². The topological polar surface area (TPSA) is 43.1 Å². The van der Waals surface area contributed by atoms with E-state index in [1.165, 1.54) is 12.8 Å². The minimum Gasteiger partial charge on any atom is -0.258 e. The van der Waals surface area contributed by atoms with Gasteiger partial charge in [-0.05, 0) is 42.9 Å². The number of rotatable bonds is 3. The molecule has 1 fully saturated rings. The first-order chi connectivity index (χ1) is 8.66. The summed E-state index contributed by atoms with van der Waals surface area (Å²) in [6.45, 7) is 2.26. The Labute approximate surface area is 108 Å². The summed E-state index contributed by atoms with van der Waals surface area (Å²) in [6, 6.07) is 9.18. The summed E-state index contributed by atoms with van der Waals surface area (Å²) in [5.41, 5.74) is 0.969. The van der Waals surface area contributed by atoms with Gasteiger partial charge in [-0.2, -0.15) is 0 Å². The van der Waals surface area contributed by atoms with Gasteiger partial charge in [0.1, 0.15) is 0 Å². The molecule has 0 saturated heterocycles. The van der Waals surface area contributed by atoms with Crippen molar-refractivity contribution in [1.82, 2.24) is 0 Å². The molecule has 0 unspecified atom stereocenters. The molecule has 0 heterocycles. The molecule has 0 aliphatic heterocycles. The quantitative estimate of drug-likeness (QED) is 0.593. The van der Waals surface area contributed by atoms with Gasteiger partial charge in [0.2, 0.25) is 0 Å². The van der Waals surface area contributed by atoms with Crippen LogP contribution in [-0.2, 0) is 0 Å². The van der Waals surface area contributed by atoms with Gasteiger partial charge in [-0.3, -0.25) is 10.1 Å². The molecular weight excluding hydrogens is 226 g/mol. The van der Waals surface area contributed by atoms with Crippen LogP contribution in [0.25, 0.3) is 5.70 Å². The third-order valence-corrected chi connectivity index (χ3v) is 3.72. The van der Waals surface area contributed by atoms with Crippen molar-refractivity contribution in [3.8, 4) is 0 Å². The molecule has 0 aromatic heterocycles. The van der Waals surface area contributed by atoms with Gasteiger partial charge in [-0.1, -0.05) is 38.0 Å². The molecule has 0 spiro atoms. The van der Waals surface area contributed by atoms with E-state index >= 15 is 0 Å². The molecule has 0 atom stereocenters. The predicted molar refractivity (Wildman–Crippen MR) is 72.5 cm³/mol. The zero-order valence-electron chi connectivity index (χ0n) is 10.7. The second-order valence-corrected chi connectivity index (χ2v) is 5.19.